The largest absolute Gasteiger partial charge is 0.369 e. The molecule has 1 amide bonds. The van der Waals surface area contributed by atoms with Crippen molar-refractivity contribution < 1.29 is 4.79 Å². The summed E-state index contributed by atoms with van der Waals surface area (Å²) in [5, 5.41) is 0. The molecule has 5 heteroatoms. The molecular formula is C24H32N4O. The van der Waals surface area contributed by atoms with Gasteiger partial charge in [0.15, 0.2) is 0 Å². The van der Waals surface area contributed by atoms with E-state index in [2.05, 4.69) is 59.9 Å². The number of amides is 1. The van der Waals surface area contributed by atoms with Crippen LogP contribution in [0.5, 0.6) is 0 Å². The van der Waals surface area contributed by atoms with Crippen LogP contribution < -0.4 is 9.80 Å². The molecule has 0 atom stereocenters. The summed E-state index contributed by atoms with van der Waals surface area (Å²) in [6, 6.07) is 15.0. The molecule has 0 unspecified atom stereocenters. The third-order valence-corrected chi connectivity index (χ3v) is 6.40. The molecule has 29 heavy (non-hydrogen) atoms. The Morgan fingerprint density at radius 3 is 1.72 bits per heavy atom. The molecule has 2 heterocycles. The van der Waals surface area contributed by atoms with Gasteiger partial charge in [-0.1, -0.05) is 6.07 Å². The predicted molar refractivity (Wildman–Crippen MR) is 120 cm³/mol. The molecule has 2 aromatic rings. The van der Waals surface area contributed by atoms with Crippen LogP contribution in [0.3, 0.4) is 0 Å². The van der Waals surface area contributed by atoms with Crippen LogP contribution in [0.2, 0.25) is 0 Å². The number of aryl methyl sites for hydroxylation is 2. The Morgan fingerprint density at radius 1 is 0.690 bits per heavy atom. The number of anilines is 2. The summed E-state index contributed by atoms with van der Waals surface area (Å²) in [6.07, 6.45) is 0. The first-order valence-corrected chi connectivity index (χ1v) is 10.7. The number of benzene rings is 2. The van der Waals surface area contributed by atoms with Gasteiger partial charge in [-0.15, -0.1) is 0 Å². The van der Waals surface area contributed by atoms with Gasteiger partial charge in [0.1, 0.15) is 0 Å². The molecule has 0 saturated carbocycles. The van der Waals surface area contributed by atoms with Gasteiger partial charge < -0.3 is 19.6 Å². The van der Waals surface area contributed by atoms with E-state index < -0.39 is 0 Å². The number of carbonyl (C=O) groups is 1. The molecule has 2 saturated heterocycles. The van der Waals surface area contributed by atoms with Crippen molar-refractivity contribution >= 4 is 17.3 Å². The molecule has 154 valence electrons. The van der Waals surface area contributed by atoms with E-state index in [-0.39, 0.29) is 5.91 Å². The molecule has 0 bridgehead atoms. The van der Waals surface area contributed by atoms with Gasteiger partial charge in [-0.05, 0) is 68.4 Å². The molecule has 0 aromatic heterocycles. The Labute approximate surface area is 174 Å². The van der Waals surface area contributed by atoms with Crippen molar-refractivity contribution in [2.45, 2.75) is 13.8 Å². The number of hydrogen-bond donors (Lipinski definition) is 0. The fraction of sp³-hybridized carbons (Fsp3) is 0.458. The number of rotatable bonds is 3. The molecule has 2 aliphatic heterocycles. The molecule has 5 nitrogen and oxygen atoms in total. The first-order chi connectivity index (χ1) is 14.0. The fourth-order valence-corrected chi connectivity index (χ4v) is 4.16. The van der Waals surface area contributed by atoms with Crippen LogP contribution in [0, 0.1) is 13.8 Å². The first kappa shape index (κ1) is 19.8. The Bertz CT molecular complexity index is 848. The van der Waals surface area contributed by atoms with E-state index in [1.54, 1.807) is 0 Å². The standard InChI is InChI=1S/C24H32N4O/c1-19-4-5-21(18-20(19)2)24(29)28-16-14-27(15-17-28)23-8-6-22(7-9-23)26-12-10-25(3)11-13-26/h4-9,18H,10-17H2,1-3H3. The zero-order valence-electron chi connectivity index (χ0n) is 17.9. The highest BCUT2D eigenvalue weighted by Crippen LogP contribution is 2.23. The van der Waals surface area contributed by atoms with Crippen molar-refractivity contribution in [2.75, 3.05) is 69.2 Å². The minimum atomic E-state index is 0.151. The third-order valence-electron chi connectivity index (χ3n) is 6.40. The van der Waals surface area contributed by atoms with Gasteiger partial charge in [-0.25, -0.2) is 0 Å². The van der Waals surface area contributed by atoms with Crippen molar-refractivity contribution in [2.24, 2.45) is 0 Å². The zero-order chi connectivity index (χ0) is 20.4. The monoisotopic (exact) mass is 392 g/mol. The number of nitrogens with zero attached hydrogens (tertiary/aromatic N) is 4. The SMILES string of the molecule is Cc1ccc(C(=O)N2CCN(c3ccc(N4CCN(C)CC4)cc3)CC2)cc1C. The predicted octanol–water partition coefficient (Wildman–Crippen LogP) is 3.02. The summed E-state index contributed by atoms with van der Waals surface area (Å²) in [7, 11) is 2.19. The first-order valence-electron chi connectivity index (χ1n) is 10.7. The van der Waals surface area contributed by atoms with Gasteiger partial charge in [-0.2, -0.15) is 0 Å². The Morgan fingerprint density at radius 2 is 1.21 bits per heavy atom. The van der Waals surface area contributed by atoms with Crippen LogP contribution in [0.25, 0.3) is 0 Å². The van der Waals surface area contributed by atoms with Crippen LogP contribution in [0.15, 0.2) is 42.5 Å². The second kappa shape index (κ2) is 8.46. The molecule has 0 aliphatic carbocycles. The maximum absolute atomic E-state index is 12.8. The van der Waals surface area contributed by atoms with Crippen LogP contribution >= 0.6 is 0 Å². The summed E-state index contributed by atoms with van der Waals surface area (Å²) in [4.78, 5) is 22.1. The summed E-state index contributed by atoms with van der Waals surface area (Å²) in [5.74, 6) is 0.151. The van der Waals surface area contributed by atoms with Crippen molar-refractivity contribution in [1.29, 1.82) is 0 Å². The van der Waals surface area contributed by atoms with Crippen molar-refractivity contribution in [3.63, 3.8) is 0 Å². The minimum Gasteiger partial charge on any atom is -0.369 e. The molecule has 2 fully saturated rings. The Kier molecular flexibility index (Phi) is 5.76. The van der Waals surface area contributed by atoms with E-state index in [9.17, 15) is 4.79 Å². The molecule has 0 spiro atoms. The van der Waals surface area contributed by atoms with Crippen LogP contribution in [-0.2, 0) is 0 Å². The third kappa shape index (κ3) is 4.40. The summed E-state index contributed by atoms with van der Waals surface area (Å²) < 4.78 is 0. The van der Waals surface area contributed by atoms with Crippen LogP contribution in [-0.4, -0.2) is 75.1 Å². The van der Waals surface area contributed by atoms with Crippen molar-refractivity contribution in [1.82, 2.24) is 9.80 Å². The lowest BCUT2D eigenvalue weighted by Gasteiger charge is -2.37. The second-order valence-corrected chi connectivity index (χ2v) is 8.39. The summed E-state index contributed by atoms with van der Waals surface area (Å²) in [5.41, 5.74) is 5.77. The Balaban J connectivity index is 1.34. The lowest BCUT2D eigenvalue weighted by molar-refractivity contribution is 0.0746. The van der Waals surface area contributed by atoms with Gasteiger partial charge in [0, 0.05) is 69.3 Å². The minimum absolute atomic E-state index is 0.151. The van der Waals surface area contributed by atoms with Crippen LogP contribution in [0.1, 0.15) is 21.5 Å². The molecule has 2 aliphatic rings. The highest BCUT2D eigenvalue weighted by atomic mass is 16.2. The lowest BCUT2D eigenvalue weighted by atomic mass is 10.1. The van der Waals surface area contributed by atoms with Gasteiger partial charge in [0.2, 0.25) is 0 Å². The lowest BCUT2D eigenvalue weighted by Crippen LogP contribution is -2.48. The highest BCUT2D eigenvalue weighted by Gasteiger charge is 2.23. The van der Waals surface area contributed by atoms with Gasteiger partial charge in [0.25, 0.3) is 5.91 Å². The fourth-order valence-electron chi connectivity index (χ4n) is 4.16. The summed E-state index contributed by atoms with van der Waals surface area (Å²) >= 11 is 0. The number of carbonyl (C=O) groups excluding carboxylic acids is 1. The number of piperazine rings is 2. The normalized spacial score (nSPS) is 18.2. The number of likely N-dealkylation sites (N-methyl/N-ethyl adjacent to an activating group) is 1. The van der Waals surface area contributed by atoms with Gasteiger partial charge in [0.05, 0.1) is 0 Å². The van der Waals surface area contributed by atoms with Crippen LogP contribution in [0.4, 0.5) is 11.4 Å². The molecule has 4 rings (SSSR count). The van der Waals surface area contributed by atoms with E-state index in [4.69, 9.17) is 0 Å². The van der Waals surface area contributed by atoms with E-state index in [0.29, 0.717) is 0 Å². The smallest absolute Gasteiger partial charge is 0.253 e. The van der Waals surface area contributed by atoms with E-state index in [1.807, 2.05) is 23.1 Å². The van der Waals surface area contributed by atoms with E-state index in [0.717, 1.165) is 57.9 Å². The maximum Gasteiger partial charge on any atom is 0.253 e. The van der Waals surface area contributed by atoms with Crippen molar-refractivity contribution in [3.05, 3.63) is 59.2 Å². The van der Waals surface area contributed by atoms with E-state index in [1.165, 1.54) is 22.5 Å². The summed E-state index contributed by atoms with van der Waals surface area (Å²) in [6.45, 7) is 11.9. The second-order valence-electron chi connectivity index (χ2n) is 8.39. The van der Waals surface area contributed by atoms with E-state index >= 15 is 0 Å². The van der Waals surface area contributed by atoms with Gasteiger partial charge in [-0.3, -0.25) is 4.79 Å². The zero-order valence-corrected chi connectivity index (χ0v) is 17.9. The number of hydrogen-bond acceptors (Lipinski definition) is 4. The maximum atomic E-state index is 12.8. The average Bonchev–Trinajstić information content (AvgIpc) is 2.76. The Hall–Kier alpha value is -2.53. The molecule has 2 aromatic carbocycles. The van der Waals surface area contributed by atoms with Crippen molar-refractivity contribution in [3.8, 4) is 0 Å². The quantitative estimate of drug-likeness (QED) is 0.803. The van der Waals surface area contributed by atoms with Gasteiger partial charge >= 0.3 is 0 Å². The average molecular weight is 393 g/mol. The molecular weight excluding hydrogens is 360 g/mol. The molecule has 0 radical (unpaired) electrons. The molecule has 0 N–H and O–H groups in total. The topological polar surface area (TPSA) is 30.0 Å². The highest BCUT2D eigenvalue weighted by molar-refractivity contribution is 5.94.